The third-order valence-electron chi connectivity index (χ3n) is 21.0. The van der Waals surface area contributed by atoms with Crippen molar-refractivity contribution < 1.29 is 85.6 Å². The summed E-state index contributed by atoms with van der Waals surface area (Å²) in [5, 5.41) is 0. The maximum Gasteiger partial charge on any atom is 0.345 e. The maximum atomic E-state index is 16.2. The van der Waals surface area contributed by atoms with Gasteiger partial charge in [0.25, 0.3) is 0 Å². The lowest BCUT2D eigenvalue weighted by atomic mass is 9.85. The minimum atomic E-state index is -1.49. The van der Waals surface area contributed by atoms with Crippen molar-refractivity contribution in [3.63, 3.8) is 0 Å². The summed E-state index contributed by atoms with van der Waals surface area (Å²) in [5.74, 6) is -6.96. The van der Waals surface area contributed by atoms with E-state index < -0.39 is 69.2 Å². The molecule has 0 heterocycles. The van der Waals surface area contributed by atoms with Crippen molar-refractivity contribution in [1.82, 2.24) is 0 Å². The van der Waals surface area contributed by atoms with Crippen LogP contribution in [0.2, 0.25) is 0 Å². The molecule has 7 aromatic rings. The number of rotatable bonds is 66. The van der Waals surface area contributed by atoms with Crippen molar-refractivity contribution in [1.29, 1.82) is 0 Å². The number of carbonyl (C=O) groups excluding carboxylic acids is 6. The monoisotopic (exact) mass is 1650 g/mol. The van der Waals surface area contributed by atoms with Crippen LogP contribution in [0, 0.1) is 0 Å². The number of esters is 6. The van der Waals surface area contributed by atoms with Gasteiger partial charge in [0.2, 0.25) is 0 Å². The van der Waals surface area contributed by atoms with Gasteiger partial charge in [-0.05, 0) is 184 Å². The van der Waals surface area contributed by atoms with E-state index in [4.69, 9.17) is 56.8 Å². The number of hydrogen-bond acceptors (Lipinski definition) is 18. The van der Waals surface area contributed by atoms with E-state index in [0.717, 1.165) is 193 Å². The highest BCUT2D eigenvalue weighted by Gasteiger charge is 2.45. The first-order valence-electron chi connectivity index (χ1n) is 45.8. The van der Waals surface area contributed by atoms with Gasteiger partial charge in [-0.25, -0.2) is 28.8 Å². The molecule has 0 radical (unpaired) electrons. The molecule has 18 nitrogen and oxygen atoms in total. The average Bonchev–Trinajstić information content (AvgIpc) is 0.725. The third-order valence-corrected chi connectivity index (χ3v) is 21.0. The van der Waals surface area contributed by atoms with E-state index in [2.05, 4.69) is 41.5 Å². The second kappa shape index (κ2) is 59.8. The van der Waals surface area contributed by atoms with Crippen LogP contribution in [0.1, 0.15) is 373 Å². The Morgan fingerprint density at radius 3 is 0.367 bits per heavy atom. The fraction of sp³-hybridized carbons (Fsp3) is 0.529. The lowest BCUT2D eigenvalue weighted by Crippen LogP contribution is -2.34. The SMILES string of the molecule is CCCCCCCCCOc1ccc(OC(=O)c2c(C(=O)Oc3ccc(OCCCCCCCCC)cc3)c(C(=O)Oc3ccc(OCCCCCCCCC)cc3)c(C(=O)Oc3ccc(OCCCCCCCCC)cc3)c(C(=O)Oc3ccc(OCCCCCCCCC)cc3)c2C(=O)Oc2ccc(OCCCCCCCCC)cc2)cc1. The summed E-state index contributed by atoms with van der Waals surface area (Å²) in [6.45, 7) is 15.7. The second-order valence-corrected chi connectivity index (χ2v) is 31.2. The quantitative estimate of drug-likeness (QED) is 0.0197. The summed E-state index contributed by atoms with van der Waals surface area (Å²) in [4.78, 5) is 97.4. The Labute approximate surface area is 716 Å². The molecule has 7 aromatic carbocycles. The van der Waals surface area contributed by atoms with Gasteiger partial charge in [-0.15, -0.1) is 0 Å². The molecular weight excluding hydrogens is 1510 g/mol. The van der Waals surface area contributed by atoms with Crippen LogP contribution in [0.3, 0.4) is 0 Å². The highest BCUT2D eigenvalue weighted by Crippen LogP contribution is 2.38. The molecule has 18 heteroatoms. The average molecular weight is 1650 g/mol. The first-order valence-corrected chi connectivity index (χ1v) is 45.8. The summed E-state index contributed by atoms with van der Waals surface area (Å²) in [5.41, 5.74) is -6.36. The molecule has 0 aliphatic heterocycles. The number of hydrogen-bond donors (Lipinski definition) is 0. The lowest BCUT2D eigenvalue weighted by Gasteiger charge is -2.22. The van der Waals surface area contributed by atoms with Gasteiger partial charge in [0, 0.05) is 0 Å². The molecule has 0 aliphatic rings. The van der Waals surface area contributed by atoms with Crippen LogP contribution in [-0.4, -0.2) is 75.5 Å². The molecule has 0 spiro atoms. The Morgan fingerprint density at radius 2 is 0.250 bits per heavy atom. The van der Waals surface area contributed by atoms with E-state index in [1.807, 2.05) is 0 Å². The van der Waals surface area contributed by atoms with E-state index in [0.29, 0.717) is 74.1 Å². The van der Waals surface area contributed by atoms with Gasteiger partial charge in [-0.2, -0.15) is 0 Å². The standard InChI is InChI=1S/C102H138O18/c1-7-13-19-25-31-37-43-73-109-79-49-61-85(62-50-79)115-97(103)91-92(98(104)116-86-63-51-80(52-64-86)110-74-44-38-32-26-20-14-8-2)94(100(106)118-88-67-55-82(56-68-88)112-76-46-40-34-28-22-16-10-4)96(102(108)120-90-71-59-84(60-72-90)114-78-48-42-36-30-24-18-12-6)95(101(107)119-89-69-57-83(58-70-89)113-77-47-41-35-29-23-17-11-5)93(91)99(105)117-87-65-53-81(54-66-87)111-75-45-39-33-27-21-15-9-3/h49-72H,7-48,73-78H2,1-6H3. The molecule has 0 saturated heterocycles. The summed E-state index contributed by atoms with van der Waals surface area (Å²) < 4.78 is 74.4. The summed E-state index contributed by atoms with van der Waals surface area (Å²) in [6.07, 6.45) is 45.3. The lowest BCUT2D eigenvalue weighted by molar-refractivity contribution is 0.0635. The molecule has 0 atom stereocenters. The number of benzene rings is 7. The van der Waals surface area contributed by atoms with Crippen LogP contribution in [0.5, 0.6) is 69.0 Å². The number of ether oxygens (including phenoxy) is 12. The van der Waals surface area contributed by atoms with Crippen LogP contribution < -0.4 is 56.8 Å². The molecule has 7 rings (SSSR count). The van der Waals surface area contributed by atoms with Gasteiger partial charge >= 0.3 is 35.8 Å². The van der Waals surface area contributed by atoms with Crippen molar-refractivity contribution in [2.45, 2.75) is 311 Å². The zero-order valence-corrected chi connectivity index (χ0v) is 73.1. The first kappa shape index (κ1) is 97.3. The molecule has 0 unspecified atom stereocenters. The minimum Gasteiger partial charge on any atom is -0.494 e. The Kier molecular flexibility index (Phi) is 48.5. The molecule has 654 valence electrons. The van der Waals surface area contributed by atoms with E-state index in [1.165, 1.54) is 150 Å². The maximum absolute atomic E-state index is 16.2. The van der Waals surface area contributed by atoms with E-state index in [1.54, 1.807) is 72.8 Å². The zero-order chi connectivity index (χ0) is 85.3. The smallest absolute Gasteiger partial charge is 0.345 e. The molecule has 0 fully saturated rings. The molecule has 0 aromatic heterocycles. The molecule has 0 amide bonds. The minimum absolute atomic E-state index is 0.129. The molecule has 0 N–H and O–H groups in total. The van der Waals surface area contributed by atoms with E-state index in [-0.39, 0.29) is 34.5 Å². The third kappa shape index (κ3) is 37.4. The Morgan fingerprint density at radius 1 is 0.150 bits per heavy atom. The highest BCUT2D eigenvalue weighted by atomic mass is 16.6. The Hall–Kier alpha value is -9.84. The predicted octanol–water partition coefficient (Wildman–Crippen LogP) is 27.8. The van der Waals surface area contributed by atoms with Crippen LogP contribution in [0.25, 0.3) is 0 Å². The summed E-state index contributed by atoms with van der Waals surface area (Å²) in [6, 6.07) is 36.6. The summed E-state index contributed by atoms with van der Waals surface area (Å²) in [7, 11) is 0. The van der Waals surface area contributed by atoms with Crippen LogP contribution in [0.15, 0.2) is 146 Å². The highest BCUT2D eigenvalue weighted by molar-refractivity contribution is 6.25. The fourth-order valence-electron chi connectivity index (χ4n) is 14.0. The molecule has 0 bridgehead atoms. The summed E-state index contributed by atoms with van der Waals surface area (Å²) >= 11 is 0. The second-order valence-electron chi connectivity index (χ2n) is 31.2. The molecule has 0 saturated carbocycles. The van der Waals surface area contributed by atoms with Crippen molar-refractivity contribution in [3.05, 3.63) is 179 Å². The van der Waals surface area contributed by atoms with Crippen LogP contribution in [-0.2, 0) is 0 Å². The van der Waals surface area contributed by atoms with Gasteiger partial charge in [-0.3, -0.25) is 0 Å². The normalized spacial score (nSPS) is 11.1. The van der Waals surface area contributed by atoms with Crippen molar-refractivity contribution in [2.75, 3.05) is 39.6 Å². The molecule has 120 heavy (non-hydrogen) atoms. The van der Waals surface area contributed by atoms with Gasteiger partial charge in [0.05, 0.1) is 73.0 Å². The first-order chi connectivity index (χ1) is 58.9. The van der Waals surface area contributed by atoms with Gasteiger partial charge in [0.1, 0.15) is 69.0 Å². The van der Waals surface area contributed by atoms with Gasteiger partial charge < -0.3 is 56.8 Å². The Balaban J connectivity index is 1.43. The number of unbranched alkanes of at least 4 members (excludes halogenated alkanes) is 36. The molecule has 0 aliphatic carbocycles. The van der Waals surface area contributed by atoms with Crippen LogP contribution in [0.4, 0.5) is 0 Å². The van der Waals surface area contributed by atoms with E-state index >= 15 is 28.8 Å². The van der Waals surface area contributed by atoms with Crippen molar-refractivity contribution in [2.24, 2.45) is 0 Å². The van der Waals surface area contributed by atoms with Crippen molar-refractivity contribution in [3.8, 4) is 69.0 Å². The Bertz CT molecular complexity index is 3310. The largest absolute Gasteiger partial charge is 0.494 e. The van der Waals surface area contributed by atoms with Gasteiger partial charge in [-0.1, -0.05) is 273 Å². The fourth-order valence-corrected chi connectivity index (χ4v) is 14.0. The van der Waals surface area contributed by atoms with Gasteiger partial charge in [0.15, 0.2) is 0 Å². The number of carbonyl (C=O) groups is 6. The van der Waals surface area contributed by atoms with Crippen LogP contribution >= 0.6 is 0 Å². The zero-order valence-electron chi connectivity index (χ0n) is 73.1. The topological polar surface area (TPSA) is 213 Å². The predicted molar refractivity (Wildman–Crippen MR) is 476 cm³/mol. The molecular formula is C102H138O18. The van der Waals surface area contributed by atoms with Crippen molar-refractivity contribution >= 4 is 35.8 Å². The van der Waals surface area contributed by atoms with E-state index in [9.17, 15) is 0 Å².